The third-order valence-corrected chi connectivity index (χ3v) is 2.28. The lowest BCUT2D eigenvalue weighted by Crippen LogP contribution is -2.21. The van der Waals surface area contributed by atoms with Crippen LogP contribution in [0.15, 0.2) is 17.1 Å². The summed E-state index contributed by atoms with van der Waals surface area (Å²) in [7, 11) is 0. The standard InChI is InChI=1S/C9H12N2O2/c12-9-7(4-5-10-11-9)8-3-1-2-6-13-8/h4-5,8H,1-3,6H2,(H,11,12). The highest BCUT2D eigenvalue weighted by Gasteiger charge is 2.18. The van der Waals surface area contributed by atoms with Crippen LogP contribution in [0.25, 0.3) is 0 Å². The van der Waals surface area contributed by atoms with E-state index in [1.807, 2.05) is 0 Å². The summed E-state index contributed by atoms with van der Waals surface area (Å²) in [5.41, 5.74) is 0.573. The maximum Gasteiger partial charge on any atom is 0.269 e. The molecule has 1 unspecified atom stereocenters. The van der Waals surface area contributed by atoms with Gasteiger partial charge >= 0.3 is 0 Å². The fourth-order valence-corrected chi connectivity index (χ4v) is 1.59. The zero-order chi connectivity index (χ0) is 9.10. The first-order chi connectivity index (χ1) is 6.38. The number of nitrogens with zero attached hydrogens (tertiary/aromatic N) is 1. The van der Waals surface area contributed by atoms with Crippen LogP contribution in [0.2, 0.25) is 0 Å². The van der Waals surface area contributed by atoms with Crippen LogP contribution >= 0.6 is 0 Å². The molecule has 1 atom stereocenters. The van der Waals surface area contributed by atoms with E-state index < -0.39 is 0 Å². The van der Waals surface area contributed by atoms with E-state index in [0.717, 1.165) is 25.9 Å². The van der Waals surface area contributed by atoms with Crippen molar-refractivity contribution < 1.29 is 4.74 Å². The molecule has 2 rings (SSSR count). The predicted molar refractivity (Wildman–Crippen MR) is 47.4 cm³/mol. The maximum absolute atomic E-state index is 11.3. The quantitative estimate of drug-likeness (QED) is 0.701. The van der Waals surface area contributed by atoms with Crippen LogP contribution < -0.4 is 5.56 Å². The van der Waals surface area contributed by atoms with Crippen LogP contribution in [0, 0.1) is 0 Å². The number of ether oxygens (including phenoxy) is 1. The third-order valence-electron chi connectivity index (χ3n) is 2.28. The molecule has 0 aromatic carbocycles. The third kappa shape index (κ3) is 1.78. The molecule has 1 aliphatic heterocycles. The molecule has 1 N–H and O–H groups in total. The average Bonchev–Trinajstić information content (AvgIpc) is 2.20. The highest BCUT2D eigenvalue weighted by molar-refractivity contribution is 5.10. The van der Waals surface area contributed by atoms with Gasteiger partial charge in [0, 0.05) is 18.4 Å². The van der Waals surface area contributed by atoms with Gasteiger partial charge in [0.1, 0.15) is 0 Å². The van der Waals surface area contributed by atoms with Gasteiger partial charge in [0.15, 0.2) is 0 Å². The number of aromatic nitrogens is 2. The molecule has 0 aliphatic carbocycles. The van der Waals surface area contributed by atoms with Crippen molar-refractivity contribution in [3.8, 4) is 0 Å². The second-order valence-corrected chi connectivity index (χ2v) is 3.20. The first-order valence-corrected chi connectivity index (χ1v) is 4.53. The van der Waals surface area contributed by atoms with E-state index >= 15 is 0 Å². The molecule has 13 heavy (non-hydrogen) atoms. The molecule has 1 aliphatic rings. The van der Waals surface area contributed by atoms with Crippen molar-refractivity contribution in [2.24, 2.45) is 0 Å². The Kier molecular flexibility index (Phi) is 2.40. The van der Waals surface area contributed by atoms with Gasteiger partial charge in [0.2, 0.25) is 0 Å². The molecule has 70 valence electrons. The molecule has 0 spiro atoms. The van der Waals surface area contributed by atoms with Gasteiger partial charge in [0.25, 0.3) is 5.56 Å². The number of nitrogens with one attached hydrogen (secondary N) is 1. The van der Waals surface area contributed by atoms with Crippen molar-refractivity contribution in [1.82, 2.24) is 10.2 Å². The summed E-state index contributed by atoms with van der Waals surface area (Å²) in [6.07, 6.45) is 4.73. The normalized spacial score (nSPS) is 22.9. The highest BCUT2D eigenvalue weighted by Crippen LogP contribution is 2.24. The zero-order valence-electron chi connectivity index (χ0n) is 7.32. The Bertz CT molecular complexity index is 328. The average molecular weight is 180 g/mol. The zero-order valence-corrected chi connectivity index (χ0v) is 7.32. The first kappa shape index (κ1) is 8.44. The van der Waals surface area contributed by atoms with Crippen molar-refractivity contribution in [1.29, 1.82) is 0 Å². The van der Waals surface area contributed by atoms with Gasteiger partial charge < -0.3 is 4.74 Å². The molecule has 4 heteroatoms. The van der Waals surface area contributed by atoms with Crippen molar-refractivity contribution in [2.75, 3.05) is 6.61 Å². The van der Waals surface area contributed by atoms with Crippen molar-refractivity contribution in [3.05, 3.63) is 28.2 Å². The molecular formula is C9H12N2O2. The minimum atomic E-state index is -0.130. The molecule has 0 radical (unpaired) electrons. The van der Waals surface area contributed by atoms with Crippen LogP contribution in [0.1, 0.15) is 30.9 Å². The molecule has 0 bridgehead atoms. The number of rotatable bonds is 1. The Balaban J connectivity index is 2.24. The monoisotopic (exact) mass is 180 g/mol. The molecule has 1 saturated heterocycles. The fourth-order valence-electron chi connectivity index (χ4n) is 1.59. The summed E-state index contributed by atoms with van der Waals surface area (Å²) in [5.74, 6) is 0. The number of hydrogen-bond acceptors (Lipinski definition) is 3. The smallest absolute Gasteiger partial charge is 0.269 e. The molecule has 1 aromatic rings. The first-order valence-electron chi connectivity index (χ1n) is 4.53. The van der Waals surface area contributed by atoms with E-state index in [4.69, 9.17) is 4.74 Å². The highest BCUT2D eigenvalue weighted by atomic mass is 16.5. The van der Waals surface area contributed by atoms with E-state index in [-0.39, 0.29) is 11.7 Å². The van der Waals surface area contributed by atoms with Crippen LogP contribution in [-0.4, -0.2) is 16.8 Å². The SMILES string of the molecule is O=c1[nH]nccc1C1CCCCO1. The summed E-state index contributed by atoms with van der Waals surface area (Å²) in [6, 6.07) is 1.73. The molecule has 0 saturated carbocycles. The van der Waals surface area contributed by atoms with Crippen LogP contribution in [-0.2, 0) is 4.74 Å². The topological polar surface area (TPSA) is 55.0 Å². The minimum absolute atomic E-state index is 0.0273. The summed E-state index contributed by atoms with van der Waals surface area (Å²) < 4.78 is 5.50. The Morgan fingerprint density at radius 3 is 3.15 bits per heavy atom. The molecule has 1 fully saturated rings. The van der Waals surface area contributed by atoms with Crippen molar-refractivity contribution >= 4 is 0 Å². The lowest BCUT2D eigenvalue weighted by atomic mass is 10.0. The van der Waals surface area contributed by atoms with Crippen LogP contribution in [0.3, 0.4) is 0 Å². The molecular weight excluding hydrogens is 168 g/mol. The van der Waals surface area contributed by atoms with E-state index in [0.29, 0.717) is 5.56 Å². The van der Waals surface area contributed by atoms with Crippen LogP contribution in [0.5, 0.6) is 0 Å². The van der Waals surface area contributed by atoms with Crippen molar-refractivity contribution in [2.45, 2.75) is 25.4 Å². The second-order valence-electron chi connectivity index (χ2n) is 3.20. The number of H-pyrrole nitrogens is 1. The van der Waals surface area contributed by atoms with Gasteiger partial charge in [-0.3, -0.25) is 4.79 Å². The van der Waals surface area contributed by atoms with Gasteiger partial charge in [-0.1, -0.05) is 0 Å². The largest absolute Gasteiger partial charge is 0.373 e. The van der Waals surface area contributed by atoms with Gasteiger partial charge in [-0.05, 0) is 25.3 Å². The summed E-state index contributed by atoms with van der Waals surface area (Å²) in [6.45, 7) is 0.756. The lowest BCUT2D eigenvalue weighted by molar-refractivity contribution is 0.0140. The van der Waals surface area contributed by atoms with Gasteiger partial charge in [-0.25, -0.2) is 5.10 Å². The molecule has 1 aromatic heterocycles. The van der Waals surface area contributed by atoms with Gasteiger partial charge in [-0.15, -0.1) is 0 Å². The van der Waals surface area contributed by atoms with Crippen LogP contribution in [0.4, 0.5) is 0 Å². The minimum Gasteiger partial charge on any atom is -0.373 e. The van der Waals surface area contributed by atoms with Crippen molar-refractivity contribution in [3.63, 3.8) is 0 Å². The van der Waals surface area contributed by atoms with Gasteiger partial charge in [-0.2, -0.15) is 5.10 Å². The Morgan fingerprint density at radius 1 is 1.54 bits per heavy atom. The predicted octanol–water partition coefficient (Wildman–Crippen LogP) is 1.01. The van der Waals surface area contributed by atoms with Gasteiger partial charge in [0.05, 0.1) is 6.10 Å². The van der Waals surface area contributed by atoms with E-state index in [1.54, 1.807) is 12.3 Å². The Morgan fingerprint density at radius 2 is 2.46 bits per heavy atom. The molecule has 2 heterocycles. The summed E-state index contributed by atoms with van der Waals surface area (Å²) in [5, 5.41) is 6.06. The molecule has 4 nitrogen and oxygen atoms in total. The number of hydrogen-bond donors (Lipinski definition) is 1. The second kappa shape index (κ2) is 3.70. The fraction of sp³-hybridized carbons (Fsp3) is 0.556. The molecule has 0 amide bonds. The summed E-state index contributed by atoms with van der Waals surface area (Å²) in [4.78, 5) is 11.3. The summed E-state index contributed by atoms with van der Waals surface area (Å²) >= 11 is 0. The number of aromatic amines is 1. The van der Waals surface area contributed by atoms with E-state index in [2.05, 4.69) is 10.2 Å². The van der Waals surface area contributed by atoms with E-state index in [9.17, 15) is 4.79 Å². The Labute approximate surface area is 75.9 Å². The van der Waals surface area contributed by atoms with E-state index in [1.165, 1.54) is 0 Å². The lowest BCUT2D eigenvalue weighted by Gasteiger charge is -2.21. The maximum atomic E-state index is 11.3. The Hall–Kier alpha value is -1.16.